The van der Waals surface area contributed by atoms with E-state index in [1.54, 1.807) is 0 Å². The molecular formula is C18H23ClN2O2. The summed E-state index contributed by atoms with van der Waals surface area (Å²) in [5, 5.41) is 18.2. The van der Waals surface area contributed by atoms with E-state index in [9.17, 15) is 9.90 Å². The summed E-state index contributed by atoms with van der Waals surface area (Å²) in [5.74, 6) is -0.0850. The van der Waals surface area contributed by atoms with E-state index in [0.717, 1.165) is 17.5 Å². The van der Waals surface area contributed by atoms with Crippen LogP contribution in [0.5, 0.6) is 0 Å². The Kier molecular flexibility index (Phi) is 5.99. The maximum atomic E-state index is 12.3. The molecule has 2 aromatic carbocycles. The minimum absolute atomic E-state index is 0. The van der Waals surface area contributed by atoms with Gasteiger partial charge in [-0.15, -0.1) is 12.4 Å². The van der Waals surface area contributed by atoms with E-state index in [4.69, 9.17) is 0 Å². The number of carbonyl (C=O) groups excluding carboxylic acids is 1. The summed E-state index contributed by atoms with van der Waals surface area (Å²) >= 11 is 0. The molecule has 1 heterocycles. The van der Waals surface area contributed by atoms with Crippen molar-refractivity contribution in [2.75, 3.05) is 19.6 Å². The third-order valence-electron chi connectivity index (χ3n) is 4.51. The van der Waals surface area contributed by atoms with Gasteiger partial charge in [-0.3, -0.25) is 4.79 Å². The Morgan fingerprint density at radius 2 is 2.00 bits per heavy atom. The molecule has 1 aliphatic rings. The standard InChI is InChI=1S/C18H22N2O2.ClH/c1-12(18(22)20-10-16-9-19-11-17(16)21)14-7-6-13-4-2-3-5-15(13)8-14;/h2-8,12,16-17,19,21H,9-11H2,1H3,(H,20,22);1H. The average molecular weight is 335 g/mol. The number of rotatable bonds is 4. The lowest BCUT2D eigenvalue weighted by atomic mass is 9.96. The van der Waals surface area contributed by atoms with Crippen LogP contribution in [0.15, 0.2) is 42.5 Å². The second kappa shape index (κ2) is 7.77. The summed E-state index contributed by atoms with van der Waals surface area (Å²) in [6.45, 7) is 3.81. The summed E-state index contributed by atoms with van der Waals surface area (Å²) in [6.07, 6.45) is -0.365. The number of benzene rings is 2. The molecule has 23 heavy (non-hydrogen) atoms. The van der Waals surface area contributed by atoms with Crippen molar-refractivity contribution in [3.8, 4) is 0 Å². The number of amides is 1. The first kappa shape index (κ1) is 17.7. The predicted octanol–water partition coefficient (Wildman–Crippen LogP) is 2.06. The fraction of sp³-hybridized carbons (Fsp3) is 0.389. The van der Waals surface area contributed by atoms with E-state index in [-0.39, 0.29) is 36.3 Å². The van der Waals surface area contributed by atoms with Gasteiger partial charge in [0.1, 0.15) is 0 Å². The molecule has 0 saturated carbocycles. The monoisotopic (exact) mass is 334 g/mol. The van der Waals surface area contributed by atoms with Gasteiger partial charge in [-0.25, -0.2) is 0 Å². The number of aliphatic hydroxyl groups excluding tert-OH is 1. The third-order valence-corrected chi connectivity index (χ3v) is 4.51. The van der Waals surface area contributed by atoms with E-state index in [1.807, 2.05) is 25.1 Å². The van der Waals surface area contributed by atoms with E-state index < -0.39 is 0 Å². The number of fused-ring (bicyclic) bond motifs is 1. The van der Waals surface area contributed by atoms with Crippen LogP contribution in [-0.4, -0.2) is 36.8 Å². The zero-order chi connectivity index (χ0) is 15.5. The fourth-order valence-electron chi connectivity index (χ4n) is 2.94. The Morgan fingerprint density at radius 3 is 2.70 bits per heavy atom. The molecule has 0 bridgehead atoms. The number of halogens is 1. The van der Waals surface area contributed by atoms with Crippen LogP contribution in [-0.2, 0) is 4.79 Å². The molecule has 0 aliphatic carbocycles. The van der Waals surface area contributed by atoms with Gasteiger partial charge in [0, 0.05) is 25.6 Å². The Morgan fingerprint density at radius 1 is 1.26 bits per heavy atom. The van der Waals surface area contributed by atoms with Crippen molar-refractivity contribution in [1.29, 1.82) is 0 Å². The summed E-state index contributed by atoms with van der Waals surface area (Å²) in [7, 11) is 0. The first-order valence-electron chi connectivity index (χ1n) is 7.80. The Bertz CT molecular complexity index is 677. The molecule has 3 unspecified atom stereocenters. The van der Waals surface area contributed by atoms with E-state index in [1.165, 1.54) is 5.39 Å². The highest BCUT2D eigenvalue weighted by Crippen LogP contribution is 2.22. The first-order chi connectivity index (χ1) is 10.6. The summed E-state index contributed by atoms with van der Waals surface area (Å²) in [4.78, 5) is 12.3. The highest BCUT2D eigenvalue weighted by atomic mass is 35.5. The SMILES string of the molecule is CC(C(=O)NCC1CNCC1O)c1ccc2ccccc2c1.Cl. The number of aliphatic hydroxyl groups is 1. The van der Waals surface area contributed by atoms with Gasteiger partial charge < -0.3 is 15.7 Å². The highest BCUT2D eigenvalue weighted by molar-refractivity contribution is 5.87. The molecule has 1 amide bonds. The van der Waals surface area contributed by atoms with E-state index >= 15 is 0 Å². The molecule has 3 N–H and O–H groups in total. The molecule has 0 aromatic heterocycles. The van der Waals surface area contributed by atoms with Crippen molar-refractivity contribution in [3.05, 3.63) is 48.0 Å². The largest absolute Gasteiger partial charge is 0.391 e. The summed E-state index contributed by atoms with van der Waals surface area (Å²) in [5.41, 5.74) is 1.02. The molecular weight excluding hydrogens is 312 g/mol. The smallest absolute Gasteiger partial charge is 0.227 e. The number of β-amino-alcohol motifs (C(OH)–C–C–N with tert-alkyl or cyclic N) is 1. The fourth-order valence-corrected chi connectivity index (χ4v) is 2.94. The van der Waals surface area contributed by atoms with E-state index in [0.29, 0.717) is 13.1 Å². The molecule has 0 radical (unpaired) electrons. The molecule has 0 spiro atoms. The molecule has 124 valence electrons. The van der Waals surface area contributed by atoms with Gasteiger partial charge in [0.25, 0.3) is 0 Å². The first-order valence-corrected chi connectivity index (χ1v) is 7.80. The maximum Gasteiger partial charge on any atom is 0.227 e. The molecule has 5 heteroatoms. The van der Waals surface area contributed by atoms with Gasteiger partial charge in [-0.2, -0.15) is 0 Å². The maximum absolute atomic E-state index is 12.3. The van der Waals surface area contributed by atoms with Crippen molar-refractivity contribution in [3.63, 3.8) is 0 Å². The van der Waals surface area contributed by atoms with Gasteiger partial charge in [-0.1, -0.05) is 42.5 Å². The highest BCUT2D eigenvalue weighted by Gasteiger charge is 2.26. The second-order valence-electron chi connectivity index (χ2n) is 6.06. The summed E-state index contributed by atoms with van der Waals surface area (Å²) < 4.78 is 0. The van der Waals surface area contributed by atoms with Crippen LogP contribution in [0.2, 0.25) is 0 Å². The number of nitrogens with one attached hydrogen (secondary N) is 2. The minimum Gasteiger partial charge on any atom is -0.391 e. The summed E-state index contributed by atoms with van der Waals surface area (Å²) in [6, 6.07) is 14.3. The Balaban J connectivity index is 0.00000192. The zero-order valence-corrected chi connectivity index (χ0v) is 14.0. The lowest BCUT2D eigenvalue weighted by Gasteiger charge is -2.17. The van der Waals surface area contributed by atoms with Crippen LogP contribution < -0.4 is 10.6 Å². The van der Waals surface area contributed by atoms with Crippen LogP contribution >= 0.6 is 12.4 Å². The molecule has 1 saturated heterocycles. The minimum atomic E-state index is -0.365. The molecule has 1 fully saturated rings. The van der Waals surface area contributed by atoms with Crippen LogP contribution in [0.3, 0.4) is 0 Å². The molecule has 1 aliphatic heterocycles. The van der Waals surface area contributed by atoms with Crippen molar-refractivity contribution in [1.82, 2.24) is 10.6 Å². The van der Waals surface area contributed by atoms with Gasteiger partial charge >= 0.3 is 0 Å². The quantitative estimate of drug-likeness (QED) is 0.802. The lowest BCUT2D eigenvalue weighted by molar-refractivity contribution is -0.122. The van der Waals surface area contributed by atoms with Crippen LogP contribution in [0.25, 0.3) is 10.8 Å². The normalized spacial score (nSPS) is 21.7. The van der Waals surface area contributed by atoms with Crippen molar-refractivity contribution in [2.24, 2.45) is 5.92 Å². The van der Waals surface area contributed by atoms with Crippen molar-refractivity contribution >= 4 is 29.1 Å². The zero-order valence-electron chi connectivity index (χ0n) is 13.2. The van der Waals surface area contributed by atoms with Crippen LogP contribution in [0, 0.1) is 5.92 Å². The van der Waals surface area contributed by atoms with Crippen LogP contribution in [0.4, 0.5) is 0 Å². The number of hydrogen-bond acceptors (Lipinski definition) is 3. The Labute approximate surface area is 142 Å². The van der Waals surface area contributed by atoms with Crippen LogP contribution in [0.1, 0.15) is 18.4 Å². The number of hydrogen-bond donors (Lipinski definition) is 3. The van der Waals surface area contributed by atoms with Gasteiger partial charge in [0.2, 0.25) is 5.91 Å². The van der Waals surface area contributed by atoms with Gasteiger partial charge in [0.05, 0.1) is 12.0 Å². The predicted molar refractivity (Wildman–Crippen MR) is 95.0 cm³/mol. The second-order valence-corrected chi connectivity index (χ2v) is 6.06. The molecule has 3 rings (SSSR count). The van der Waals surface area contributed by atoms with Crippen molar-refractivity contribution in [2.45, 2.75) is 18.9 Å². The van der Waals surface area contributed by atoms with Crippen molar-refractivity contribution < 1.29 is 9.90 Å². The topological polar surface area (TPSA) is 61.4 Å². The van der Waals surface area contributed by atoms with E-state index in [2.05, 4.69) is 34.9 Å². The van der Waals surface area contributed by atoms with Gasteiger partial charge in [0.15, 0.2) is 0 Å². The van der Waals surface area contributed by atoms with Gasteiger partial charge in [-0.05, 0) is 23.3 Å². The Hall–Kier alpha value is -1.62. The molecule has 4 nitrogen and oxygen atoms in total. The number of carbonyl (C=O) groups is 1. The molecule has 3 atom stereocenters. The third kappa shape index (κ3) is 4.02. The lowest BCUT2D eigenvalue weighted by Crippen LogP contribution is -2.36. The molecule has 2 aromatic rings. The average Bonchev–Trinajstić information content (AvgIpc) is 2.96.